The Hall–Kier alpha value is -2.07. The van der Waals surface area contributed by atoms with Gasteiger partial charge in [0, 0.05) is 19.3 Å². The standard InChI is InChI=1S/C26H32N2O2/c1-30-24-14-22-5-3-2-4-21(22)13-23(24)25(29)27-6-8-28(9-7-27)26-15-18-10-19(16-26)12-20(11-18)17-26/h2-5,13-14,18-20H,6-12,15-17H2,1H3/p+1. The zero-order valence-corrected chi connectivity index (χ0v) is 18.0. The fourth-order valence-corrected chi connectivity index (χ4v) is 7.78. The van der Waals surface area contributed by atoms with E-state index in [2.05, 4.69) is 17.0 Å². The lowest BCUT2D eigenvalue weighted by atomic mass is 9.52. The minimum Gasteiger partial charge on any atom is -0.496 e. The van der Waals surface area contributed by atoms with Gasteiger partial charge >= 0.3 is 0 Å². The van der Waals surface area contributed by atoms with Crippen LogP contribution in [0.2, 0.25) is 0 Å². The minimum absolute atomic E-state index is 0.127. The van der Waals surface area contributed by atoms with Crippen LogP contribution in [0.1, 0.15) is 48.9 Å². The van der Waals surface area contributed by atoms with Gasteiger partial charge in [0.2, 0.25) is 0 Å². The molecule has 4 bridgehead atoms. The molecule has 158 valence electrons. The number of rotatable bonds is 3. The fourth-order valence-electron chi connectivity index (χ4n) is 7.78. The summed E-state index contributed by atoms with van der Waals surface area (Å²) in [6.07, 6.45) is 8.83. The first-order chi connectivity index (χ1) is 14.6. The van der Waals surface area contributed by atoms with Crippen LogP contribution < -0.4 is 9.64 Å². The highest BCUT2D eigenvalue weighted by Gasteiger charge is 2.56. The van der Waals surface area contributed by atoms with Gasteiger partial charge in [-0.2, -0.15) is 0 Å². The third-order valence-corrected chi connectivity index (χ3v) is 8.74. The summed E-state index contributed by atoms with van der Waals surface area (Å²) in [7, 11) is 1.66. The van der Waals surface area contributed by atoms with Crippen molar-refractivity contribution in [1.82, 2.24) is 4.90 Å². The average molecular weight is 406 g/mol. The van der Waals surface area contributed by atoms with Gasteiger partial charge < -0.3 is 14.5 Å². The van der Waals surface area contributed by atoms with E-state index in [4.69, 9.17) is 4.74 Å². The number of ether oxygens (including phenoxy) is 1. The quantitative estimate of drug-likeness (QED) is 0.851. The maximum Gasteiger partial charge on any atom is 0.258 e. The zero-order chi connectivity index (χ0) is 20.3. The van der Waals surface area contributed by atoms with Gasteiger partial charge in [-0.3, -0.25) is 4.79 Å². The molecule has 4 aliphatic carbocycles. The molecule has 1 amide bonds. The molecule has 0 atom stereocenters. The molecule has 0 unspecified atom stereocenters. The minimum atomic E-state index is 0.127. The van der Waals surface area contributed by atoms with Crippen molar-refractivity contribution >= 4 is 16.7 Å². The Kier molecular flexibility index (Phi) is 4.35. The van der Waals surface area contributed by atoms with Gasteiger partial charge in [0.1, 0.15) is 5.75 Å². The summed E-state index contributed by atoms with van der Waals surface area (Å²) >= 11 is 0. The van der Waals surface area contributed by atoms with E-state index in [1.807, 2.05) is 24.3 Å². The van der Waals surface area contributed by atoms with E-state index in [0.717, 1.165) is 54.7 Å². The van der Waals surface area contributed by atoms with Crippen LogP contribution in [0.5, 0.6) is 5.75 Å². The summed E-state index contributed by atoms with van der Waals surface area (Å²) in [6.45, 7) is 3.94. The lowest BCUT2D eigenvalue weighted by Crippen LogP contribution is -3.23. The predicted molar refractivity (Wildman–Crippen MR) is 118 cm³/mol. The highest BCUT2D eigenvalue weighted by atomic mass is 16.5. The van der Waals surface area contributed by atoms with Crippen molar-refractivity contribution in [3.63, 3.8) is 0 Å². The van der Waals surface area contributed by atoms with E-state index in [-0.39, 0.29) is 5.91 Å². The Morgan fingerprint density at radius 2 is 1.53 bits per heavy atom. The topological polar surface area (TPSA) is 34.0 Å². The second-order valence-electron chi connectivity index (χ2n) is 10.5. The van der Waals surface area contributed by atoms with E-state index in [1.165, 1.54) is 38.5 Å². The highest BCUT2D eigenvalue weighted by Crippen LogP contribution is 2.54. The van der Waals surface area contributed by atoms with Crippen molar-refractivity contribution in [1.29, 1.82) is 0 Å². The number of quaternary nitrogens is 1. The molecule has 0 aromatic heterocycles. The molecule has 1 aliphatic heterocycles. The molecule has 1 heterocycles. The first-order valence-electron chi connectivity index (χ1n) is 11.8. The Labute approximate surface area is 179 Å². The predicted octanol–water partition coefficient (Wildman–Crippen LogP) is 3.16. The molecule has 1 saturated heterocycles. The highest BCUT2D eigenvalue weighted by molar-refractivity contribution is 6.01. The van der Waals surface area contributed by atoms with Crippen LogP contribution in [-0.2, 0) is 0 Å². The summed E-state index contributed by atoms with van der Waals surface area (Å²) in [5, 5.41) is 2.21. The molecule has 0 spiro atoms. The summed E-state index contributed by atoms with van der Waals surface area (Å²) in [5.74, 6) is 3.79. The number of fused-ring (bicyclic) bond motifs is 1. The molecule has 4 heteroatoms. The van der Waals surface area contributed by atoms with Crippen molar-refractivity contribution < 1.29 is 14.4 Å². The van der Waals surface area contributed by atoms with E-state index >= 15 is 0 Å². The summed E-state index contributed by atoms with van der Waals surface area (Å²) in [4.78, 5) is 17.3. The SMILES string of the molecule is COc1cc2ccccc2cc1C(=O)N1CC[NH+](C23CC4CC(CC(C4)C2)C3)CC1. The van der Waals surface area contributed by atoms with Crippen molar-refractivity contribution in [2.75, 3.05) is 33.3 Å². The lowest BCUT2D eigenvalue weighted by molar-refractivity contribution is -0.962. The molecule has 1 N–H and O–H groups in total. The second kappa shape index (κ2) is 6.98. The number of nitrogens with one attached hydrogen (secondary N) is 1. The molecule has 2 aromatic rings. The first kappa shape index (κ1) is 18.7. The number of carbonyl (C=O) groups excluding carboxylic acids is 1. The Morgan fingerprint density at radius 1 is 0.967 bits per heavy atom. The summed E-state index contributed by atoms with van der Waals surface area (Å²) < 4.78 is 5.60. The smallest absolute Gasteiger partial charge is 0.258 e. The number of hydrogen-bond acceptors (Lipinski definition) is 2. The maximum absolute atomic E-state index is 13.4. The number of methoxy groups -OCH3 is 1. The molecule has 4 saturated carbocycles. The number of nitrogens with zero attached hydrogens (tertiary/aromatic N) is 1. The van der Waals surface area contributed by atoms with Crippen LogP contribution in [0.3, 0.4) is 0 Å². The molecule has 5 aliphatic rings. The van der Waals surface area contributed by atoms with Gasteiger partial charge in [-0.05, 0) is 59.9 Å². The van der Waals surface area contributed by atoms with Gasteiger partial charge in [-0.25, -0.2) is 0 Å². The molecule has 7 rings (SSSR count). The molecule has 2 aromatic carbocycles. The fraction of sp³-hybridized carbons (Fsp3) is 0.577. The number of benzene rings is 2. The van der Waals surface area contributed by atoms with Crippen molar-refractivity contribution in [2.45, 2.75) is 44.1 Å². The Morgan fingerprint density at radius 3 is 2.10 bits per heavy atom. The molecular weight excluding hydrogens is 372 g/mol. The van der Waals surface area contributed by atoms with E-state index in [1.54, 1.807) is 12.0 Å². The zero-order valence-electron chi connectivity index (χ0n) is 18.0. The van der Waals surface area contributed by atoms with Gasteiger partial charge in [0.15, 0.2) is 0 Å². The van der Waals surface area contributed by atoms with Crippen LogP contribution >= 0.6 is 0 Å². The Balaban J connectivity index is 1.20. The number of amides is 1. The molecule has 0 radical (unpaired) electrons. The van der Waals surface area contributed by atoms with Crippen LogP contribution in [0.15, 0.2) is 36.4 Å². The van der Waals surface area contributed by atoms with Gasteiger partial charge in [-0.1, -0.05) is 24.3 Å². The normalized spacial score (nSPS) is 33.2. The van der Waals surface area contributed by atoms with Crippen LogP contribution in [0.25, 0.3) is 10.8 Å². The second-order valence-corrected chi connectivity index (χ2v) is 10.5. The monoisotopic (exact) mass is 405 g/mol. The summed E-state index contributed by atoms with van der Waals surface area (Å²) in [5.41, 5.74) is 1.24. The number of hydrogen-bond donors (Lipinski definition) is 1. The average Bonchev–Trinajstić information content (AvgIpc) is 2.77. The van der Waals surface area contributed by atoms with Crippen LogP contribution in [-0.4, -0.2) is 49.6 Å². The van der Waals surface area contributed by atoms with Crippen LogP contribution in [0.4, 0.5) is 0 Å². The third kappa shape index (κ3) is 2.95. The first-order valence-corrected chi connectivity index (χ1v) is 11.8. The maximum atomic E-state index is 13.4. The van der Waals surface area contributed by atoms with E-state index in [9.17, 15) is 4.79 Å². The Bertz CT molecular complexity index is 941. The van der Waals surface area contributed by atoms with E-state index < -0.39 is 0 Å². The lowest BCUT2D eigenvalue weighted by Gasteiger charge is -2.59. The van der Waals surface area contributed by atoms with Crippen molar-refractivity contribution in [3.05, 3.63) is 42.0 Å². The molecule has 5 fully saturated rings. The molecule has 4 nitrogen and oxygen atoms in total. The van der Waals surface area contributed by atoms with E-state index in [0.29, 0.717) is 16.9 Å². The van der Waals surface area contributed by atoms with Crippen LogP contribution in [0, 0.1) is 17.8 Å². The third-order valence-electron chi connectivity index (χ3n) is 8.74. The van der Waals surface area contributed by atoms with Crippen molar-refractivity contribution in [2.24, 2.45) is 17.8 Å². The van der Waals surface area contributed by atoms with Gasteiger partial charge in [0.05, 0.1) is 44.4 Å². The largest absolute Gasteiger partial charge is 0.496 e. The van der Waals surface area contributed by atoms with Gasteiger partial charge in [-0.15, -0.1) is 0 Å². The van der Waals surface area contributed by atoms with Gasteiger partial charge in [0.25, 0.3) is 5.91 Å². The van der Waals surface area contributed by atoms with Crippen molar-refractivity contribution in [3.8, 4) is 5.75 Å². The number of piperazine rings is 1. The molecular formula is C26H33N2O2+. The molecule has 30 heavy (non-hydrogen) atoms. The summed E-state index contributed by atoms with van der Waals surface area (Å²) in [6, 6.07) is 12.2. The number of carbonyl (C=O) groups is 1.